The van der Waals surface area contributed by atoms with Crippen LogP contribution in [0.15, 0.2) is 17.5 Å². The molecule has 0 bridgehead atoms. The van der Waals surface area contributed by atoms with E-state index in [2.05, 4.69) is 33.0 Å². The van der Waals surface area contributed by atoms with Gasteiger partial charge in [0.2, 0.25) is 0 Å². The average molecular weight is 395 g/mol. The summed E-state index contributed by atoms with van der Waals surface area (Å²) in [7, 11) is 0. The van der Waals surface area contributed by atoms with Crippen LogP contribution in [0.4, 0.5) is 4.79 Å². The number of carboxylic acids is 1. The van der Waals surface area contributed by atoms with Crippen molar-refractivity contribution < 1.29 is 14.7 Å². The van der Waals surface area contributed by atoms with E-state index in [0.717, 1.165) is 25.9 Å². The van der Waals surface area contributed by atoms with Gasteiger partial charge < -0.3 is 15.7 Å². The Balaban J connectivity index is 1.42. The van der Waals surface area contributed by atoms with Crippen LogP contribution in [0.3, 0.4) is 0 Å². The maximum Gasteiger partial charge on any atom is 0.317 e. The molecule has 7 nitrogen and oxygen atoms in total. The second kappa shape index (κ2) is 9.52. The van der Waals surface area contributed by atoms with E-state index in [1.165, 1.54) is 17.7 Å². The summed E-state index contributed by atoms with van der Waals surface area (Å²) in [5.41, 5.74) is 0. The minimum Gasteiger partial charge on any atom is -0.480 e. The lowest BCUT2D eigenvalue weighted by atomic mass is 9.85. The second-order valence-corrected chi connectivity index (χ2v) is 8.39. The number of carboxylic acid groups (broad SMARTS) is 1. The van der Waals surface area contributed by atoms with Gasteiger partial charge in [-0.3, -0.25) is 14.6 Å². The summed E-state index contributed by atoms with van der Waals surface area (Å²) in [4.78, 5) is 28.9. The van der Waals surface area contributed by atoms with Gasteiger partial charge in [0.25, 0.3) is 0 Å². The number of hydrogen-bond acceptors (Lipinski definition) is 5. The highest BCUT2D eigenvalue weighted by atomic mass is 32.1. The molecule has 1 aromatic heterocycles. The van der Waals surface area contributed by atoms with E-state index < -0.39 is 5.97 Å². The molecule has 1 saturated heterocycles. The number of thiophene rings is 1. The first-order valence-electron chi connectivity index (χ1n) is 9.84. The fourth-order valence-corrected chi connectivity index (χ4v) is 4.91. The largest absolute Gasteiger partial charge is 0.480 e. The normalized spacial score (nSPS) is 23.8. The molecule has 0 radical (unpaired) electrons. The van der Waals surface area contributed by atoms with Gasteiger partial charge in [-0.1, -0.05) is 13.0 Å². The SMILES string of the molecule is CCN(CC(=O)O)C1CC(NC(=O)NCC(c2cccs2)N2CCCC2)C1. The molecule has 1 aromatic rings. The van der Waals surface area contributed by atoms with Crippen molar-refractivity contribution in [2.45, 2.75) is 50.7 Å². The molecule has 1 atom stereocenters. The van der Waals surface area contributed by atoms with E-state index in [1.807, 2.05) is 11.8 Å². The fourth-order valence-electron chi connectivity index (χ4n) is 4.05. The van der Waals surface area contributed by atoms with Crippen molar-refractivity contribution in [3.8, 4) is 0 Å². The summed E-state index contributed by atoms with van der Waals surface area (Å²) in [5.74, 6) is -0.799. The first-order chi connectivity index (χ1) is 13.1. The molecular formula is C19H30N4O3S. The summed E-state index contributed by atoms with van der Waals surface area (Å²) < 4.78 is 0. The summed E-state index contributed by atoms with van der Waals surface area (Å²) >= 11 is 1.74. The molecule has 1 saturated carbocycles. The summed E-state index contributed by atoms with van der Waals surface area (Å²) in [5, 5.41) is 17.1. The Morgan fingerprint density at radius 3 is 2.70 bits per heavy atom. The Hall–Kier alpha value is -1.64. The molecule has 0 spiro atoms. The van der Waals surface area contributed by atoms with Crippen LogP contribution in [-0.2, 0) is 4.79 Å². The van der Waals surface area contributed by atoms with Gasteiger partial charge in [0.15, 0.2) is 0 Å². The molecule has 2 heterocycles. The van der Waals surface area contributed by atoms with Gasteiger partial charge in [-0.15, -0.1) is 11.3 Å². The number of rotatable bonds is 9. The summed E-state index contributed by atoms with van der Waals surface area (Å²) in [6.07, 6.45) is 4.08. The Morgan fingerprint density at radius 1 is 1.37 bits per heavy atom. The Morgan fingerprint density at radius 2 is 2.11 bits per heavy atom. The monoisotopic (exact) mass is 394 g/mol. The Labute approximate surface area is 164 Å². The summed E-state index contributed by atoms with van der Waals surface area (Å²) in [6.45, 7) is 5.55. The third-order valence-corrected chi connectivity index (χ3v) is 6.59. The number of aliphatic carboxylic acids is 1. The molecule has 8 heteroatoms. The molecule has 2 fully saturated rings. The zero-order valence-corrected chi connectivity index (χ0v) is 16.7. The zero-order chi connectivity index (χ0) is 19.2. The van der Waals surface area contributed by atoms with Gasteiger partial charge in [-0.25, -0.2) is 4.79 Å². The van der Waals surface area contributed by atoms with Crippen molar-refractivity contribution >= 4 is 23.3 Å². The fraction of sp³-hybridized carbons (Fsp3) is 0.684. The topological polar surface area (TPSA) is 84.9 Å². The molecule has 2 aliphatic rings. The van der Waals surface area contributed by atoms with Crippen molar-refractivity contribution in [1.29, 1.82) is 0 Å². The number of amides is 2. The number of likely N-dealkylation sites (tertiary alicyclic amines) is 1. The highest BCUT2D eigenvalue weighted by molar-refractivity contribution is 7.10. The predicted molar refractivity (Wildman–Crippen MR) is 106 cm³/mol. The first-order valence-corrected chi connectivity index (χ1v) is 10.7. The zero-order valence-electron chi connectivity index (χ0n) is 15.9. The average Bonchev–Trinajstić information content (AvgIpc) is 3.30. The van der Waals surface area contributed by atoms with Crippen LogP contribution < -0.4 is 10.6 Å². The van der Waals surface area contributed by atoms with Crippen LogP contribution in [0.1, 0.15) is 43.5 Å². The third kappa shape index (κ3) is 5.43. The van der Waals surface area contributed by atoms with Crippen LogP contribution >= 0.6 is 11.3 Å². The van der Waals surface area contributed by atoms with Crippen LogP contribution in [-0.4, -0.2) is 71.7 Å². The molecule has 3 N–H and O–H groups in total. The lowest BCUT2D eigenvalue weighted by Crippen LogP contribution is -2.56. The van der Waals surface area contributed by atoms with Crippen molar-refractivity contribution in [2.24, 2.45) is 0 Å². The van der Waals surface area contributed by atoms with Crippen molar-refractivity contribution in [2.75, 3.05) is 32.7 Å². The number of nitrogens with one attached hydrogen (secondary N) is 2. The van der Waals surface area contributed by atoms with Gasteiger partial charge in [-0.2, -0.15) is 0 Å². The van der Waals surface area contributed by atoms with Gasteiger partial charge in [0.05, 0.1) is 12.6 Å². The van der Waals surface area contributed by atoms with Gasteiger partial charge in [0.1, 0.15) is 0 Å². The lowest BCUT2D eigenvalue weighted by Gasteiger charge is -2.42. The van der Waals surface area contributed by atoms with Gasteiger partial charge >= 0.3 is 12.0 Å². The molecule has 27 heavy (non-hydrogen) atoms. The number of likely N-dealkylation sites (N-methyl/N-ethyl adjacent to an activating group) is 1. The van der Waals surface area contributed by atoms with Crippen LogP contribution in [0, 0.1) is 0 Å². The van der Waals surface area contributed by atoms with Gasteiger partial charge in [0, 0.05) is 23.5 Å². The molecule has 3 rings (SSSR count). The van der Waals surface area contributed by atoms with E-state index in [-0.39, 0.29) is 30.7 Å². The van der Waals surface area contributed by atoms with Crippen LogP contribution in [0.2, 0.25) is 0 Å². The smallest absolute Gasteiger partial charge is 0.317 e. The number of urea groups is 1. The van der Waals surface area contributed by atoms with E-state index in [9.17, 15) is 9.59 Å². The van der Waals surface area contributed by atoms with Crippen LogP contribution in [0.25, 0.3) is 0 Å². The number of nitrogens with zero attached hydrogens (tertiary/aromatic N) is 2. The third-order valence-electron chi connectivity index (χ3n) is 5.62. The quantitative estimate of drug-likeness (QED) is 0.597. The molecule has 1 aliphatic carbocycles. The number of carbonyl (C=O) groups is 2. The van der Waals surface area contributed by atoms with E-state index in [4.69, 9.17) is 5.11 Å². The standard InChI is InChI=1S/C19H30N4O3S/c1-2-22(13-18(24)25)15-10-14(11-15)21-19(26)20-12-16(17-6-5-9-27-17)23-7-3-4-8-23/h5-6,9,14-16H,2-4,7-8,10-13H2,1H3,(H,24,25)(H2,20,21,26). The van der Waals surface area contributed by atoms with E-state index >= 15 is 0 Å². The minimum atomic E-state index is -0.799. The summed E-state index contributed by atoms with van der Waals surface area (Å²) in [6, 6.07) is 4.71. The van der Waals surface area contributed by atoms with E-state index in [0.29, 0.717) is 13.1 Å². The molecule has 1 aliphatic heterocycles. The molecule has 150 valence electrons. The number of carbonyl (C=O) groups excluding carboxylic acids is 1. The Kier molecular flexibility index (Phi) is 7.09. The maximum atomic E-state index is 12.3. The van der Waals surface area contributed by atoms with Crippen molar-refractivity contribution in [3.05, 3.63) is 22.4 Å². The molecule has 2 amide bonds. The Bertz CT molecular complexity index is 612. The highest BCUT2D eigenvalue weighted by Gasteiger charge is 2.34. The molecule has 0 aromatic carbocycles. The first kappa shape index (κ1) is 20.1. The lowest BCUT2D eigenvalue weighted by molar-refractivity contribution is -0.139. The maximum absolute atomic E-state index is 12.3. The number of hydrogen-bond donors (Lipinski definition) is 3. The highest BCUT2D eigenvalue weighted by Crippen LogP contribution is 2.28. The van der Waals surface area contributed by atoms with E-state index in [1.54, 1.807) is 11.3 Å². The van der Waals surface area contributed by atoms with Gasteiger partial charge in [-0.05, 0) is 56.8 Å². The minimum absolute atomic E-state index is 0.0679. The van der Waals surface area contributed by atoms with Crippen molar-refractivity contribution in [1.82, 2.24) is 20.4 Å². The predicted octanol–water partition coefficient (Wildman–Crippen LogP) is 2.12. The van der Waals surface area contributed by atoms with Crippen molar-refractivity contribution in [3.63, 3.8) is 0 Å². The molecule has 1 unspecified atom stereocenters. The second-order valence-electron chi connectivity index (χ2n) is 7.41. The molecular weight excluding hydrogens is 364 g/mol. The van der Waals surface area contributed by atoms with Crippen LogP contribution in [0.5, 0.6) is 0 Å².